The molecule has 1 aliphatic heterocycles. The Morgan fingerprint density at radius 1 is 0.846 bits per heavy atom. The molecule has 2 aromatic carbocycles. The zero-order chi connectivity index (χ0) is 28.1. The molecule has 0 radical (unpaired) electrons. The van der Waals surface area contributed by atoms with Gasteiger partial charge in [-0.2, -0.15) is 0 Å². The largest absolute Gasteiger partial charge is 0.544 e. The minimum atomic E-state index is -1.19. The van der Waals surface area contributed by atoms with Crippen molar-refractivity contribution in [3.63, 3.8) is 0 Å². The van der Waals surface area contributed by atoms with Gasteiger partial charge in [0.2, 0.25) is 0 Å². The van der Waals surface area contributed by atoms with Gasteiger partial charge in [0, 0.05) is 25.7 Å². The van der Waals surface area contributed by atoms with Crippen LogP contribution >= 0.6 is 0 Å². The standard InChI is InChI=1S/C33H37NO5/c1-20-6-8-21(9-7-20)19-39-23-12-10-22(11-13-23)29-30-24(14-32(2,3)16-26(30)35)34(18-28(37)38)25-15-33(4,5)17-27(36)31(25)29/h6-13,29H,14-19H2,1-5H3,(H,37,38). The third kappa shape index (κ3) is 5.48. The molecule has 204 valence electrons. The minimum Gasteiger partial charge on any atom is -0.544 e. The van der Waals surface area contributed by atoms with Gasteiger partial charge in [-0.3, -0.25) is 14.5 Å². The molecular formula is C33H37NO5. The number of Topliss-reactive ketones (excluding diaryl/α,β-unsaturated/α-hetero) is 2. The highest BCUT2D eigenvalue weighted by Gasteiger charge is 2.52. The van der Waals surface area contributed by atoms with Gasteiger partial charge in [-0.15, -0.1) is 0 Å². The van der Waals surface area contributed by atoms with Crippen LogP contribution in [0.15, 0.2) is 71.1 Å². The first-order valence-corrected chi connectivity index (χ1v) is 13.7. The number of rotatable bonds is 6. The highest BCUT2D eigenvalue weighted by Crippen LogP contribution is 2.49. The molecule has 0 atom stereocenters. The predicted molar refractivity (Wildman–Crippen MR) is 146 cm³/mol. The number of ketones is 2. The van der Waals surface area contributed by atoms with Crippen LogP contribution < -0.4 is 14.7 Å². The minimum absolute atomic E-state index is 0.00835. The number of hydrogen-bond acceptors (Lipinski definition) is 5. The molecule has 0 amide bonds. The average molecular weight is 528 g/mol. The molecule has 0 unspecified atom stereocenters. The Kier molecular flexibility index (Phi) is 6.88. The zero-order valence-corrected chi connectivity index (χ0v) is 23.5. The summed E-state index contributed by atoms with van der Waals surface area (Å²) >= 11 is 0. The third-order valence-electron chi connectivity index (χ3n) is 8.21. The molecule has 0 bridgehead atoms. The summed E-state index contributed by atoms with van der Waals surface area (Å²) in [6, 6.07) is 15.8. The summed E-state index contributed by atoms with van der Waals surface area (Å²) in [5.74, 6) is -1.00. The smallest absolute Gasteiger partial charge is 0.165 e. The monoisotopic (exact) mass is 527 g/mol. The number of carboxylic acid groups (broad SMARTS) is 1. The highest BCUT2D eigenvalue weighted by atomic mass is 16.5. The lowest BCUT2D eigenvalue weighted by Crippen LogP contribution is -3.11. The summed E-state index contributed by atoms with van der Waals surface area (Å²) in [6.07, 6.45) is 1.91. The molecule has 3 aliphatic rings. The number of ether oxygens (including phenoxy) is 1. The van der Waals surface area contributed by atoms with Crippen molar-refractivity contribution in [1.29, 1.82) is 0 Å². The van der Waals surface area contributed by atoms with Crippen molar-refractivity contribution in [3.05, 3.63) is 87.8 Å². The number of nitrogens with one attached hydrogen (secondary N) is 1. The van der Waals surface area contributed by atoms with Crippen LogP contribution in [0.1, 0.15) is 76.0 Å². The average Bonchev–Trinajstić information content (AvgIpc) is 2.83. The van der Waals surface area contributed by atoms with Gasteiger partial charge in [0.05, 0.1) is 23.0 Å². The van der Waals surface area contributed by atoms with Crippen LogP contribution in [0, 0.1) is 17.8 Å². The quantitative estimate of drug-likeness (QED) is 0.620. The predicted octanol–water partition coefficient (Wildman–Crippen LogP) is 3.59. The molecule has 1 heterocycles. The van der Waals surface area contributed by atoms with E-state index in [0.717, 1.165) is 22.5 Å². The van der Waals surface area contributed by atoms with Crippen molar-refractivity contribution in [2.75, 3.05) is 6.54 Å². The summed E-state index contributed by atoms with van der Waals surface area (Å²) in [4.78, 5) is 40.0. The van der Waals surface area contributed by atoms with Crippen molar-refractivity contribution in [1.82, 2.24) is 0 Å². The Morgan fingerprint density at radius 3 is 1.85 bits per heavy atom. The molecular weight excluding hydrogens is 490 g/mol. The molecule has 5 rings (SSSR count). The van der Waals surface area contributed by atoms with Crippen molar-refractivity contribution < 1.29 is 29.1 Å². The molecule has 6 nitrogen and oxygen atoms in total. The van der Waals surface area contributed by atoms with E-state index in [2.05, 4.69) is 12.1 Å². The van der Waals surface area contributed by atoms with E-state index in [-0.39, 0.29) is 28.9 Å². The maximum Gasteiger partial charge on any atom is 0.165 e. The van der Waals surface area contributed by atoms with E-state index in [1.54, 1.807) is 0 Å². The second-order valence-corrected chi connectivity index (χ2v) is 13.0. The van der Waals surface area contributed by atoms with Crippen LogP contribution in [0.5, 0.6) is 5.75 Å². The van der Waals surface area contributed by atoms with E-state index >= 15 is 0 Å². The number of benzene rings is 2. The summed E-state index contributed by atoms with van der Waals surface area (Å²) in [6.45, 7) is 10.4. The van der Waals surface area contributed by atoms with Crippen LogP contribution in [0.25, 0.3) is 0 Å². The fourth-order valence-corrected chi connectivity index (χ4v) is 6.50. The van der Waals surface area contributed by atoms with E-state index in [9.17, 15) is 19.5 Å². The van der Waals surface area contributed by atoms with Crippen molar-refractivity contribution >= 4 is 17.5 Å². The molecule has 0 saturated heterocycles. The molecule has 0 saturated carbocycles. The molecule has 39 heavy (non-hydrogen) atoms. The second kappa shape index (κ2) is 9.91. The lowest BCUT2D eigenvalue weighted by atomic mass is 9.63. The maximum absolute atomic E-state index is 13.7. The Labute approximate surface area is 230 Å². The van der Waals surface area contributed by atoms with E-state index in [1.807, 2.05) is 71.0 Å². The van der Waals surface area contributed by atoms with Crippen molar-refractivity contribution in [2.45, 2.75) is 72.8 Å². The summed E-state index contributed by atoms with van der Waals surface area (Å²) in [5.41, 5.74) is 5.31. The molecule has 2 aliphatic carbocycles. The fraction of sp³-hybridized carbons (Fsp3) is 0.424. The van der Waals surface area contributed by atoms with Gasteiger partial charge in [0.25, 0.3) is 0 Å². The van der Waals surface area contributed by atoms with Crippen LogP contribution in [-0.2, 0) is 21.0 Å². The Hall–Kier alpha value is -3.51. The second-order valence-electron chi connectivity index (χ2n) is 13.0. The number of aryl methyl sites for hydroxylation is 1. The van der Waals surface area contributed by atoms with Gasteiger partial charge in [-0.05, 0) is 41.0 Å². The van der Waals surface area contributed by atoms with E-state index < -0.39 is 11.9 Å². The molecule has 0 fully saturated rings. The van der Waals surface area contributed by atoms with E-state index in [4.69, 9.17) is 4.74 Å². The van der Waals surface area contributed by atoms with Gasteiger partial charge in [-0.1, -0.05) is 69.7 Å². The van der Waals surface area contributed by atoms with Gasteiger partial charge in [0.15, 0.2) is 11.6 Å². The fourth-order valence-electron chi connectivity index (χ4n) is 6.50. The van der Waals surface area contributed by atoms with Gasteiger partial charge < -0.3 is 14.6 Å². The van der Waals surface area contributed by atoms with Crippen LogP contribution in [-0.4, -0.2) is 24.1 Å². The Balaban J connectivity index is 1.57. The summed E-state index contributed by atoms with van der Waals surface area (Å²) < 4.78 is 6.01. The Morgan fingerprint density at radius 2 is 1.36 bits per heavy atom. The molecule has 0 spiro atoms. The molecule has 1 N–H and O–H groups in total. The van der Waals surface area contributed by atoms with Crippen molar-refractivity contribution in [2.24, 2.45) is 10.8 Å². The van der Waals surface area contributed by atoms with Gasteiger partial charge in [0.1, 0.15) is 30.3 Å². The summed E-state index contributed by atoms with van der Waals surface area (Å²) in [5, 5.41) is 11.9. The number of carboxylic acids is 1. The first-order chi connectivity index (χ1) is 18.3. The molecule has 6 heteroatoms. The van der Waals surface area contributed by atoms with E-state index in [0.29, 0.717) is 54.1 Å². The highest BCUT2D eigenvalue weighted by molar-refractivity contribution is 6.06. The molecule has 2 aromatic rings. The SMILES string of the molecule is Cc1ccc(COc2ccc(C3C4=C(CC(C)(C)CC4=O)[NH+](CC(=O)[O-])C4=C3C(=O)CC(C)(C)C4)cc2)cc1. The van der Waals surface area contributed by atoms with Crippen LogP contribution in [0.3, 0.4) is 0 Å². The topological polar surface area (TPSA) is 87.9 Å². The lowest BCUT2D eigenvalue weighted by Gasteiger charge is -2.45. The first-order valence-electron chi connectivity index (χ1n) is 13.7. The van der Waals surface area contributed by atoms with Crippen LogP contribution in [0.2, 0.25) is 0 Å². The maximum atomic E-state index is 13.7. The van der Waals surface area contributed by atoms with Crippen molar-refractivity contribution in [3.8, 4) is 5.75 Å². The third-order valence-corrected chi connectivity index (χ3v) is 8.21. The molecule has 0 aromatic heterocycles. The normalized spacial score (nSPS) is 23.8. The zero-order valence-electron chi connectivity index (χ0n) is 23.5. The number of allylic oxidation sites excluding steroid dienone is 4. The number of hydrogen-bond donors (Lipinski definition) is 1. The summed E-state index contributed by atoms with van der Waals surface area (Å²) in [7, 11) is 0. The van der Waals surface area contributed by atoms with Gasteiger partial charge in [-0.25, -0.2) is 0 Å². The lowest BCUT2D eigenvalue weighted by molar-refractivity contribution is -0.821. The van der Waals surface area contributed by atoms with Gasteiger partial charge >= 0.3 is 0 Å². The number of carbonyl (C=O) groups is 3. The Bertz CT molecular complexity index is 1340. The first kappa shape index (κ1) is 27.1. The van der Waals surface area contributed by atoms with Crippen LogP contribution in [0.4, 0.5) is 0 Å². The number of carbonyl (C=O) groups excluding carboxylic acids is 3. The number of aliphatic carboxylic acids is 1. The van der Waals surface area contributed by atoms with E-state index in [1.165, 1.54) is 5.56 Å². The number of quaternary nitrogens is 1.